The number of halogens is 2. The monoisotopic (exact) mass is 367 g/mol. The molecule has 2 aromatic carbocycles. The molecule has 5 nitrogen and oxygen atoms in total. The molecule has 24 heavy (non-hydrogen) atoms. The molecule has 1 amide bonds. The number of carbonyl (C=O) groups excluding carboxylic acids is 1. The Kier molecular flexibility index (Phi) is 5.70. The van der Waals surface area contributed by atoms with Crippen LogP contribution in [0.15, 0.2) is 36.4 Å². The molecule has 0 spiro atoms. The van der Waals surface area contributed by atoms with E-state index >= 15 is 0 Å². The topological polar surface area (TPSA) is 75.6 Å². The number of rotatable bonds is 5. The van der Waals surface area contributed by atoms with Gasteiger partial charge in [-0.2, -0.15) is 0 Å². The molecule has 0 heterocycles. The Morgan fingerprint density at radius 3 is 2.50 bits per heavy atom. The molecule has 0 aliphatic rings. The molecule has 2 rings (SSSR count). The van der Waals surface area contributed by atoms with Gasteiger partial charge in [0, 0.05) is 10.7 Å². The SMILES string of the molecule is Cc1cc(Cl)ccc1OC(C)C(=O)Nc1ccc(Cl)c(C(=O)O)c1. The summed E-state index contributed by atoms with van der Waals surface area (Å²) in [5.41, 5.74) is 1.04. The van der Waals surface area contributed by atoms with Crippen LogP contribution in [0, 0.1) is 6.92 Å². The van der Waals surface area contributed by atoms with Crippen LogP contribution in [0.3, 0.4) is 0 Å². The van der Waals surface area contributed by atoms with Crippen LogP contribution in [0.4, 0.5) is 5.69 Å². The van der Waals surface area contributed by atoms with E-state index in [1.54, 1.807) is 25.1 Å². The Balaban J connectivity index is 2.09. The third-order valence-electron chi connectivity index (χ3n) is 3.27. The van der Waals surface area contributed by atoms with Gasteiger partial charge in [-0.05, 0) is 55.8 Å². The summed E-state index contributed by atoms with van der Waals surface area (Å²) in [5, 5.41) is 12.3. The molecule has 0 saturated heterocycles. The zero-order valence-electron chi connectivity index (χ0n) is 13.0. The van der Waals surface area contributed by atoms with Crippen molar-refractivity contribution in [3.8, 4) is 5.75 Å². The van der Waals surface area contributed by atoms with Gasteiger partial charge in [0.15, 0.2) is 6.10 Å². The minimum Gasteiger partial charge on any atom is -0.481 e. The van der Waals surface area contributed by atoms with Crippen molar-refractivity contribution in [3.05, 3.63) is 57.6 Å². The first-order valence-electron chi connectivity index (χ1n) is 7.04. The molecule has 0 aromatic heterocycles. The molecule has 1 unspecified atom stereocenters. The van der Waals surface area contributed by atoms with Crippen LogP contribution in [0.1, 0.15) is 22.8 Å². The maximum atomic E-state index is 12.2. The fourth-order valence-electron chi connectivity index (χ4n) is 2.00. The molecule has 0 aliphatic heterocycles. The van der Waals surface area contributed by atoms with Gasteiger partial charge in [-0.1, -0.05) is 23.2 Å². The highest BCUT2D eigenvalue weighted by Gasteiger charge is 2.17. The Labute approximate surface area is 149 Å². The highest BCUT2D eigenvalue weighted by Crippen LogP contribution is 2.24. The van der Waals surface area contributed by atoms with Gasteiger partial charge in [0.1, 0.15) is 5.75 Å². The highest BCUT2D eigenvalue weighted by atomic mass is 35.5. The minimum atomic E-state index is -1.17. The van der Waals surface area contributed by atoms with Crippen LogP contribution in [-0.2, 0) is 4.79 Å². The molecular formula is C17H15Cl2NO4. The largest absolute Gasteiger partial charge is 0.481 e. The zero-order valence-corrected chi connectivity index (χ0v) is 14.5. The zero-order chi connectivity index (χ0) is 17.9. The van der Waals surface area contributed by atoms with Crippen LogP contribution in [-0.4, -0.2) is 23.1 Å². The maximum absolute atomic E-state index is 12.2. The van der Waals surface area contributed by atoms with E-state index in [0.717, 1.165) is 5.56 Å². The summed E-state index contributed by atoms with van der Waals surface area (Å²) >= 11 is 11.7. The summed E-state index contributed by atoms with van der Waals surface area (Å²) < 4.78 is 5.62. The lowest BCUT2D eigenvalue weighted by Crippen LogP contribution is -2.30. The summed E-state index contributed by atoms with van der Waals surface area (Å²) in [7, 11) is 0. The number of aromatic carboxylic acids is 1. The van der Waals surface area contributed by atoms with Gasteiger partial charge in [0.25, 0.3) is 5.91 Å². The first-order valence-corrected chi connectivity index (χ1v) is 7.80. The van der Waals surface area contributed by atoms with Crippen molar-refractivity contribution in [1.82, 2.24) is 0 Å². The number of ether oxygens (including phenoxy) is 1. The smallest absolute Gasteiger partial charge is 0.337 e. The van der Waals surface area contributed by atoms with Gasteiger partial charge in [-0.15, -0.1) is 0 Å². The lowest BCUT2D eigenvalue weighted by Gasteiger charge is -2.16. The van der Waals surface area contributed by atoms with Crippen molar-refractivity contribution in [2.75, 3.05) is 5.32 Å². The summed E-state index contributed by atoms with van der Waals surface area (Å²) in [4.78, 5) is 23.3. The van der Waals surface area contributed by atoms with Crippen molar-refractivity contribution < 1.29 is 19.4 Å². The van der Waals surface area contributed by atoms with Crippen LogP contribution in [0.5, 0.6) is 5.75 Å². The van der Waals surface area contributed by atoms with E-state index in [4.69, 9.17) is 33.0 Å². The van der Waals surface area contributed by atoms with E-state index in [0.29, 0.717) is 16.5 Å². The fourth-order valence-corrected chi connectivity index (χ4v) is 2.42. The predicted octanol–water partition coefficient (Wildman–Crippen LogP) is 4.41. The van der Waals surface area contributed by atoms with Gasteiger partial charge in [0.05, 0.1) is 10.6 Å². The second-order valence-electron chi connectivity index (χ2n) is 5.16. The molecule has 126 valence electrons. The molecule has 2 aromatic rings. The Hall–Kier alpha value is -2.24. The molecule has 0 radical (unpaired) electrons. The number of benzene rings is 2. The molecule has 0 fully saturated rings. The number of aryl methyl sites for hydroxylation is 1. The van der Waals surface area contributed by atoms with Crippen LogP contribution < -0.4 is 10.1 Å². The highest BCUT2D eigenvalue weighted by molar-refractivity contribution is 6.33. The minimum absolute atomic E-state index is 0.0865. The third-order valence-corrected chi connectivity index (χ3v) is 3.84. The van der Waals surface area contributed by atoms with E-state index in [1.807, 2.05) is 6.92 Å². The van der Waals surface area contributed by atoms with Crippen molar-refractivity contribution >= 4 is 40.8 Å². The molecular weight excluding hydrogens is 353 g/mol. The summed E-state index contributed by atoms with van der Waals surface area (Å²) in [6.07, 6.45) is -0.783. The van der Waals surface area contributed by atoms with Gasteiger partial charge in [-0.25, -0.2) is 4.79 Å². The molecule has 2 N–H and O–H groups in total. The van der Waals surface area contributed by atoms with Crippen molar-refractivity contribution in [2.45, 2.75) is 20.0 Å². The van der Waals surface area contributed by atoms with E-state index in [2.05, 4.69) is 5.32 Å². The van der Waals surface area contributed by atoms with Crippen molar-refractivity contribution in [3.63, 3.8) is 0 Å². The quantitative estimate of drug-likeness (QED) is 0.820. The van der Waals surface area contributed by atoms with Gasteiger partial charge >= 0.3 is 5.97 Å². The predicted molar refractivity (Wildman–Crippen MR) is 93.3 cm³/mol. The second-order valence-corrected chi connectivity index (χ2v) is 6.00. The molecule has 7 heteroatoms. The van der Waals surface area contributed by atoms with Gasteiger partial charge in [0.2, 0.25) is 0 Å². The molecule has 0 bridgehead atoms. The lowest BCUT2D eigenvalue weighted by atomic mass is 10.2. The Morgan fingerprint density at radius 1 is 1.17 bits per heavy atom. The number of hydrogen-bond acceptors (Lipinski definition) is 3. The average molecular weight is 368 g/mol. The number of carbonyl (C=O) groups is 2. The van der Waals surface area contributed by atoms with Gasteiger partial charge < -0.3 is 15.2 Å². The molecule has 0 saturated carbocycles. The lowest BCUT2D eigenvalue weighted by molar-refractivity contribution is -0.122. The average Bonchev–Trinajstić information content (AvgIpc) is 2.51. The number of carboxylic acids is 1. The van der Waals surface area contributed by atoms with Crippen LogP contribution in [0.25, 0.3) is 0 Å². The van der Waals surface area contributed by atoms with Crippen molar-refractivity contribution in [1.29, 1.82) is 0 Å². The van der Waals surface area contributed by atoms with Gasteiger partial charge in [-0.3, -0.25) is 4.79 Å². The summed E-state index contributed by atoms with van der Waals surface area (Å²) in [6, 6.07) is 9.32. The van der Waals surface area contributed by atoms with E-state index < -0.39 is 18.0 Å². The Bertz CT molecular complexity index is 792. The number of hydrogen-bond donors (Lipinski definition) is 2. The maximum Gasteiger partial charge on any atom is 0.337 e. The molecule has 1 atom stereocenters. The molecule has 0 aliphatic carbocycles. The van der Waals surface area contributed by atoms with Crippen molar-refractivity contribution in [2.24, 2.45) is 0 Å². The summed E-state index contributed by atoms with van der Waals surface area (Å²) in [6.45, 7) is 3.42. The summed E-state index contributed by atoms with van der Waals surface area (Å²) in [5.74, 6) is -1.04. The number of carboxylic acid groups (broad SMARTS) is 1. The first kappa shape index (κ1) is 18.1. The van der Waals surface area contributed by atoms with Crippen LogP contribution in [0.2, 0.25) is 10.0 Å². The van der Waals surface area contributed by atoms with Crippen LogP contribution >= 0.6 is 23.2 Å². The van der Waals surface area contributed by atoms with E-state index in [-0.39, 0.29) is 10.6 Å². The first-order chi connectivity index (χ1) is 11.3. The standard InChI is InChI=1S/C17H15Cl2NO4/c1-9-7-11(18)3-6-15(9)24-10(2)16(21)20-12-4-5-14(19)13(8-12)17(22)23/h3-8,10H,1-2H3,(H,20,21)(H,22,23). The number of amides is 1. The van der Waals surface area contributed by atoms with E-state index in [9.17, 15) is 9.59 Å². The Morgan fingerprint density at radius 2 is 1.88 bits per heavy atom. The normalized spacial score (nSPS) is 11.7. The number of anilines is 1. The third kappa shape index (κ3) is 4.40. The second kappa shape index (κ2) is 7.55. The van der Waals surface area contributed by atoms with E-state index in [1.165, 1.54) is 18.2 Å². The fraction of sp³-hybridized carbons (Fsp3) is 0.176. The number of nitrogens with one attached hydrogen (secondary N) is 1.